The van der Waals surface area contributed by atoms with Crippen LogP contribution in [0.25, 0.3) is 0 Å². The second-order valence-corrected chi connectivity index (χ2v) is 4.62. The predicted molar refractivity (Wildman–Crippen MR) is 61.5 cm³/mol. The zero-order valence-corrected chi connectivity index (χ0v) is 9.27. The van der Waals surface area contributed by atoms with Crippen LogP contribution >= 0.6 is 0 Å². The van der Waals surface area contributed by atoms with Crippen molar-refractivity contribution in [3.63, 3.8) is 0 Å². The SMILES string of the molecule is NCC1CC(c2ccc(F)cc2)CCC1O. The fourth-order valence-electron chi connectivity index (χ4n) is 2.54. The molecule has 1 fully saturated rings. The maximum atomic E-state index is 12.8. The van der Waals surface area contributed by atoms with Gasteiger partial charge in [0, 0.05) is 0 Å². The lowest BCUT2D eigenvalue weighted by molar-refractivity contribution is 0.0662. The van der Waals surface area contributed by atoms with E-state index in [2.05, 4.69) is 0 Å². The average molecular weight is 223 g/mol. The molecule has 3 heteroatoms. The minimum atomic E-state index is -0.262. The molecule has 0 radical (unpaired) electrons. The van der Waals surface area contributed by atoms with E-state index in [1.54, 1.807) is 0 Å². The molecule has 0 aliphatic heterocycles. The molecule has 1 saturated carbocycles. The summed E-state index contributed by atoms with van der Waals surface area (Å²) >= 11 is 0. The van der Waals surface area contributed by atoms with E-state index in [9.17, 15) is 9.50 Å². The van der Waals surface area contributed by atoms with Gasteiger partial charge in [-0.3, -0.25) is 0 Å². The van der Waals surface area contributed by atoms with Crippen LogP contribution in [0.3, 0.4) is 0 Å². The third-order valence-corrected chi connectivity index (χ3v) is 3.59. The van der Waals surface area contributed by atoms with Gasteiger partial charge in [-0.05, 0) is 55.3 Å². The molecular weight excluding hydrogens is 205 g/mol. The summed E-state index contributed by atoms with van der Waals surface area (Å²) in [5.41, 5.74) is 6.80. The molecule has 2 nitrogen and oxygen atoms in total. The van der Waals surface area contributed by atoms with E-state index >= 15 is 0 Å². The number of benzene rings is 1. The van der Waals surface area contributed by atoms with E-state index < -0.39 is 0 Å². The minimum Gasteiger partial charge on any atom is -0.393 e. The van der Waals surface area contributed by atoms with Crippen molar-refractivity contribution in [3.05, 3.63) is 35.6 Å². The Morgan fingerprint density at radius 2 is 1.94 bits per heavy atom. The zero-order chi connectivity index (χ0) is 11.5. The van der Waals surface area contributed by atoms with Gasteiger partial charge < -0.3 is 10.8 Å². The third kappa shape index (κ3) is 2.42. The molecule has 1 aromatic carbocycles. The topological polar surface area (TPSA) is 46.2 Å². The highest BCUT2D eigenvalue weighted by Crippen LogP contribution is 2.35. The number of aliphatic hydroxyl groups is 1. The molecule has 0 saturated heterocycles. The Kier molecular flexibility index (Phi) is 3.56. The Bertz CT molecular complexity index is 338. The number of rotatable bonds is 2. The molecule has 3 unspecified atom stereocenters. The van der Waals surface area contributed by atoms with Gasteiger partial charge >= 0.3 is 0 Å². The number of aliphatic hydroxyl groups excluding tert-OH is 1. The Balaban J connectivity index is 2.08. The van der Waals surface area contributed by atoms with Crippen molar-refractivity contribution in [2.75, 3.05) is 6.54 Å². The quantitative estimate of drug-likeness (QED) is 0.805. The molecule has 1 aliphatic carbocycles. The molecule has 2 rings (SSSR count). The van der Waals surface area contributed by atoms with Crippen LogP contribution in [0.1, 0.15) is 30.7 Å². The maximum absolute atomic E-state index is 12.8. The van der Waals surface area contributed by atoms with E-state index in [4.69, 9.17) is 5.73 Å². The van der Waals surface area contributed by atoms with Gasteiger partial charge in [0.2, 0.25) is 0 Å². The summed E-state index contributed by atoms with van der Waals surface area (Å²) < 4.78 is 12.8. The number of nitrogens with two attached hydrogens (primary N) is 1. The average Bonchev–Trinajstić information content (AvgIpc) is 2.31. The Morgan fingerprint density at radius 1 is 1.25 bits per heavy atom. The fourth-order valence-corrected chi connectivity index (χ4v) is 2.54. The highest BCUT2D eigenvalue weighted by molar-refractivity contribution is 5.21. The maximum Gasteiger partial charge on any atom is 0.123 e. The second-order valence-electron chi connectivity index (χ2n) is 4.62. The summed E-state index contributed by atoms with van der Waals surface area (Å²) in [6.45, 7) is 0.527. The summed E-state index contributed by atoms with van der Waals surface area (Å²) in [7, 11) is 0. The van der Waals surface area contributed by atoms with Crippen LogP contribution in [0, 0.1) is 11.7 Å². The molecule has 1 aliphatic rings. The molecule has 88 valence electrons. The summed E-state index contributed by atoms with van der Waals surface area (Å²) in [4.78, 5) is 0. The van der Waals surface area contributed by atoms with Gasteiger partial charge in [0.15, 0.2) is 0 Å². The van der Waals surface area contributed by atoms with Crippen LogP contribution in [0.15, 0.2) is 24.3 Å². The largest absolute Gasteiger partial charge is 0.393 e. The van der Waals surface area contributed by atoms with Crippen LogP contribution in [0.2, 0.25) is 0 Å². The first-order chi connectivity index (χ1) is 7.70. The van der Waals surface area contributed by atoms with E-state index in [0.29, 0.717) is 12.5 Å². The Hall–Kier alpha value is -0.930. The van der Waals surface area contributed by atoms with Crippen LogP contribution in [-0.2, 0) is 0 Å². The van der Waals surface area contributed by atoms with E-state index in [1.165, 1.54) is 12.1 Å². The van der Waals surface area contributed by atoms with Crippen LogP contribution in [0.4, 0.5) is 4.39 Å². The molecule has 0 aromatic heterocycles. The molecule has 3 atom stereocenters. The first-order valence-corrected chi connectivity index (χ1v) is 5.84. The van der Waals surface area contributed by atoms with Crippen molar-refractivity contribution in [2.24, 2.45) is 11.7 Å². The van der Waals surface area contributed by atoms with Gasteiger partial charge in [-0.1, -0.05) is 12.1 Å². The third-order valence-electron chi connectivity index (χ3n) is 3.59. The van der Waals surface area contributed by atoms with Gasteiger partial charge in [-0.2, -0.15) is 0 Å². The summed E-state index contributed by atoms with van der Waals surface area (Å²) in [5.74, 6) is 0.399. The van der Waals surface area contributed by atoms with Gasteiger partial charge in [0.1, 0.15) is 5.82 Å². The van der Waals surface area contributed by atoms with Crippen molar-refractivity contribution >= 4 is 0 Å². The van der Waals surface area contributed by atoms with Crippen molar-refractivity contribution < 1.29 is 9.50 Å². The molecule has 0 bridgehead atoms. The molecule has 16 heavy (non-hydrogen) atoms. The van der Waals surface area contributed by atoms with Crippen molar-refractivity contribution in [3.8, 4) is 0 Å². The second kappa shape index (κ2) is 4.93. The summed E-state index contributed by atoms with van der Waals surface area (Å²) in [6, 6.07) is 6.67. The molecule has 0 spiro atoms. The van der Waals surface area contributed by atoms with Gasteiger partial charge in [-0.25, -0.2) is 4.39 Å². The van der Waals surface area contributed by atoms with Crippen LogP contribution in [0.5, 0.6) is 0 Å². The molecule has 1 aromatic rings. The van der Waals surface area contributed by atoms with E-state index in [0.717, 1.165) is 24.8 Å². The Morgan fingerprint density at radius 3 is 2.56 bits per heavy atom. The van der Waals surface area contributed by atoms with Crippen LogP contribution < -0.4 is 5.73 Å². The standard InChI is InChI=1S/C13H18FNO/c14-12-4-1-9(2-5-12)10-3-6-13(16)11(7-10)8-15/h1-2,4-5,10-11,13,16H,3,6-8,15H2. The van der Waals surface area contributed by atoms with E-state index in [-0.39, 0.29) is 17.8 Å². The normalized spacial score (nSPS) is 30.3. The highest BCUT2D eigenvalue weighted by Gasteiger charge is 2.28. The highest BCUT2D eigenvalue weighted by atomic mass is 19.1. The van der Waals surface area contributed by atoms with Gasteiger partial charge in [0.05, 0.1) is 6.10 Å². The number of halogens is 1. The minimum absolute atomic E-state index is 0.184. The van der Waals surface area contributed by atoms with Crippen LogP contribution in [-0.4, -0.2) is 17.8 Å². The lowest BCUT2D eigenvalue weighted by atomic mass is 9.76. The van der Waals surface area contributed by atoms with E-state index in [1.807, 2.05) is 12.1 Å². The van der Waals surface area contributed by atoms with Crippen molar-refractivity contribution in [1.29, 1.82) is 0 Å². The smallest absolute Gasteiger partial charge is 0.123 e. The van der Waals surface area contributed by atoms with Crippen molar-refractivity contribution in [2.45, 2.75) is 31.3 Å². The summed E-state index contributed by atoms with van der Waals surface area (Å²) in [5, 5.41) is 9.74. The molecule has 0 amide bonds. The van der Waals surface area contributed by atoms with Gasteiger partial charge in [0.25, 0.3) is 0 Å². The first-order valence-electron chi connectivity index (χ1n) is 5.84. The Labute approximate surface area is 95.3 Å². The predicted octanol–water partition coefficient (Wildman–Crippen LogP) is 2.03. The number of hydrogen-bond donors (Lipinski definition) is 2. The van der Waals surface area contributed by atoms with Crippen molar-refractivity contribution in [1.82, 2.24) is 0 Å². The zero-order valence-electron chi connectivity index (χ0n) is 9.27. The fraction of sp³-hybridized carbons (Fsp3) is 0.538. The number of hydrogen-bond acceptors (Lipinski definition) is 2. The first kappa shape index (κ1) is 11.6. The molecular formula is C13H18FNO. The lowest BCUT2D eigenvalue weighted by Crippen LogP contribution is -2.33. The summed E-state index contributed by atoms with van der Waals surface area (Å²) in [6.07, 6.45) is 2.40. The molecule has 0 heterocycles. The molecule has 3 N–H and O–H groups in total. The lowest BCUT2D eigenvalue weighted by Gasteiger charge is -2.32. The van der Waals surface area contributed by atoms with Gasteiger partial charge in [-0.15, -0.1) is 0 Å². The monoisotopic (exact) mass is 223 g/mol.